The van der Waals surface area contributed by atoms with Gasteiger partial charge in [-0.2, -0.15) is 0 Å². The topological polar surface area (TPSA) is 0 Å². The molecule has 0 heterocycles. The Morgan fingerprint density at radius 3 is 2.40 bits per heavy atom. The Morgan fingerprint density at radius 1 is 1.80 bits per heavy atom. The van der Waals surface area contributed by atoms with Crippen LogP contribution in [-0.4, -0.2) is 13.9 Å². The molecule has 0 aliphatic carbocycles. The van der Waals surface area contributed by atoms with Crippen molar-refractivity contribution in [3.63, 3.8) is 0 Å². The predicted octanol–water partition coefficient (Wildman–Crippen LogP) is 0.788. The summed E-state index contributed by atoms with van der Waals surface area (Å²) in [5, 5.41) is 0. The van der Waals surface area contributed by atoms with Gasteiger partial charge in [0.15, 0.2) is 7.28 Å². The van der Waals surface area contributed by atoms with Gasteiger partial charge in [0.25, 0.3) is 0 Å². The van der Waals surface area contributed by atoms with E-state index in [1.165, 1.54) is 0 Å². The molecule has 0 aliphatic heterocycles. The van der Waals surface area contributed by atoms with Gasteiger partial charge in [-0.1, -0.05) is 13.2 Å². The third-order valence-electron chi connectivity index (χ3n) is 0.487. The Morgan fingerprint density at radius 2 is 2.40 bits per heavy atom. The van der Waals surface area contributed by atoms with Crippen molar-refractivity contribution in [2.24, 2.45) is 0 Å². The highest BCUT2D eigenvalue weighted by atomic mass is 19.1. The van der Waals surface area contributed by atoms with Crippen molar-refractivity contribution >= 4 is 7.28 Å². The highest BCUT2D eigenvalue weighted by molar-refractivity contribution is 6.34. The minimum absolute atomic E-state index is 0.156. The normalized spacial score (nSPS) is 7.60. The fourth-order valence-electron chi connectivity index (χ4n) is 0.134. The third kappa shape index (κ3) is 3.99. The van der Waals surface area contributed by atoms with Crippen LogP contribution in [0.4, 0.5) is 4.39 Å². The molecule has 0 aliphatic rings. The third-order valence-corrected chi connectivity index (χ3v) is 0.487. The standard InChI is InChI=1S/C3H8BF/c1-2-4-3-5/h4H,2-3H2,1H3. The maximum absolute atomic E-state index is 11.0. The molecule has 0 nitrogen and oxygen atoms in total. The molecule has 0 amide bonds. The monoisotopic (exact) mass is 74.1 g/mol. The van der Waals surface area contributed by atoms with Gasteiger partial charge in [-0.15, -0.1) is 0 Å². The molecule has 0 aromatic rings. The summed E-state index contributed by atoms with van der Waals surface area (Å²) in [6, 6.07) is 0. The first kappa shape index (κ1) is 4.99. The minimum Gasteiger partial charge on any atom is -0.261 e. The molecule has 0 saturated heterocycles. The molecule has 0 spiro atoms. The summed E-state index contributed by atoms with van der Waals surface area (Å²) in [7, 11) is 0.722. The van der Waals surface area contributed by atoms with E-state index in [0.717, 1.165) is 13.6 Å². The summed E-state index contributed by atoms with van der Waals surface area (Å²) in [6.45, 7) is 1.82. The molecule has 30 valence electrons. The van der Waals surface area contributed by atoms with Gasteiger partial charge in [0.05, 0.1) is 6.57 Å². The van der Waals surface area contributed by atoms with Gasteiger partial charge in [0, 0.05) is 0 Å². The first-order valence-corrected chi connectivity index (χ1v) is 1.97. The second kappa shape index (κ2) is 3.99. The number of hydrogen-bond acceptors (Lipinski definition) is 0. The highest BCUT2D eigenvalue weighted by Crippen LogP contribution is 1.70. The lowest BCUT2D eigenvalue weighted by Gasteiger charge is -1.72. The van der Waals surface area contributed by atoms with Crippen LogP contribution in [0.3, 0.4) is 0 Å². The van der Waals surface area contributed by atoms with Gasteiger partial charge < -0.3 is 0 Å². The molecule has 0 rings (SSSR count). The minimum atomic E-state index is -0.156. The van der Waals surface area contributed by atoms with Crippen molar-refractivity contribution in [2.45, 2.75) is 13.2 Å². The van der Waals surface area contributed by atoms with Crippen LogP contribution in [0.1, 0.15) is 6.92 Å². The average Bonchev–Trinajstić information content (AvgIpc) is 1.41. The lowest BCUT2D eigenvalue weighted by molar-refractivity contribution is 0.593. The Bertz CT molecular complexity index is 14.4. The summed E-state index contributed by atoms with van der Waals surface area (Å²) in [5.41, 5.74) is 0. The van der Waals surface area contributed by atoms with Gasteiger partial charge in [0.2, 0.25) is 0 Å². The van der Waals surface area contributed by atoms with E-state index in [2.05, 4.69) is 0 Å². The fraction of sp³-hybridized carbons (Fsp3) is 1.00. The summed E-state index contributed by atoms with van der Waals surface area (Å²) in [4.78, 5) is 0. The number of alkyl halides is 1. The lowest BCUT2D eigenvalue weighted by atomic mass is 9.78. The average molecular weight is 73.9 g/mol. The maximum atomic E-state index is 11.0. The zero-order valence-electron chi connectivity index (χ0n) is 3.50. The second-order valence-corrected chi connectivity index (χ2v) is 1.04. The number of hydrogen-bond donors (Lipinski definition) is 0. The van der Waals surface area contributed by atoms with Crippen LogP contribution >= 0.6 is 0 Å². The van der Waals surface area contributed by atoms with Crippen LogP contribution in [-0.2, 0) is 0 Å². The van der Waals surface area contributed by atoms with Crippen LogP contribution in [0.15, 0.2) is 0 Å². The quantitative estimate of drug-likeness (QED) is 0.424. The molecule has 0 aromatic heterocycles. The zero-order chi connectivity index (χ0) is 4.12. The van der Waals surface area contributed by atoms with Gasteiger partial charge in [0.1, 0.15) is 0 Å². The molecule has 0 unspecified atom stereocenters. The van der Waals surface area contributed by atoms with E-state index in [-0.39, 0.29) is 6.57 Å². The predicted molar refractivity (Wildman–Crippen MR) is 23.6 cm³/mol. The SMILES string of the molecule is CCBCF. The van der Waals surface area contributed by atoms with Crippen LogP contribution in [0, 0.1) is 0 Å². The summed E-state index contributed by atoms with van der Waals surface area (Å²) in [5.74, 6) is 0. The van der Waals surface area contributed by atoms with Crippen molar-refractivity contribution in [1.82, 2.24) is 0 Å². The van der Waals surface area contributed by atoms with Crippen molar-refractivity contribution in [3.05, 3.63) is 0 Å². The Balaban J connectivity index is 2.19. The van der Waals surface area contributed by atoms with Crippen molar-refractivity contribution in [3.8, 4) is 0 Å². The molecule has 2 heteroatoms. The van der Waals surface area contributed by atoms with E-state index >= 15 is 0 Å². The number of halogens is 1. The molecule has 0 N–H and O–H groups in total. The largest absolute Gasteiger partial charge is 0.261 e. The van der Waals surface area contributed by atoms with Gasteiger partial charge in [-0.3, -0.25) is 4.39 Å². The Labute approximate surface area is 32.6 Å². The van der Waals surface area contributed by atoms with Crippen LogP contribution in [0.2, 0.25) is 6.32 Å². The molecule has 0 aromatic carbocycles. The lowest BCUT2D eigenvalue weighted by Crippen LogP contribution is -1.85. The smallest absolute Gasteiger partial charge is 0.160 e. The van der Waals surface area contributed by atoms with E-state index in [4.69, 9.17) is 0 Å². The first-order chi connectivity index (χ1) is 2.41. The summed E-state index contributed by atoms with van der Waals surface area (Å²) in [6.07, 6.45) is 0.969. The van der Waals surface area contributed by atoms with Crippen molar-refractivity contribution in [2.75, 3.05) is 6.57 Å². The molecule has 0 atom stereocenters. The molecule has 0 radical (unpaired) electrons. The molecule has 0 bridgehead atoms. The summed E-state index contributed by atoms with van der Waals surface area (Å²) < 4.78 is 11.0. The first-order valence-electron chi connectivity index (χ1n) is 1.97. The van der Waals surface area contributed by atoms with Crippen molar-refractivity contribution < 1.29 is 4.39 Å². The molecule has 5 heavy (non-hydrogen) atoms. The van der Waals surface area contributed by atoms with Gasteiger partial charge in [-0.25, -0.2) is 0 Å². The van der Waals surface area contributed by atoms with E-state index in [9.17, 15) is 4.39 Å². The van der Waals surface area contributed by atoms with E-state index < -0.39 is 0 Å². The van der Waals surface area contributed by atoms with E-state index in [1.54, 1.807) is 0 Å². The second-order valence-electron chi connectivity index (χ2n) is 1.04. The van der Waals surface area contributed by atoms with Gasteiger partial charge >= 0.3 is 0 Å². The zero-order valence-corrected chi connectivity index (χ0v) is 3.50. The van der Waals surface area contributed by atoms with E-state index in [1.807, 2.05) is 6.92 Å². The molecular formula is C3H8BF. The Kier molecular flexibility index (Phi) is 3.99. The summed E-state index contributed by atoms with van der Waals surface area (Å²) >= 11 is 0. The van der Waals surface area contributed by atoms with Crippen LogP contribution in [0.5, 0.6) is 0 Å². The highest BCUT2D eigenvalue weighted by Gasteiger charge is 1.76. The van der Waals surface area contributed by atoms with Crippen LogP contribution < -0.4 is 0 Å². The van der Waals surface area contributed by atoms with Gasteiger partial charge in [-0.05, 0) is 0 Å². The molecule has 0 fully saturated rings. The molecular weight excluding hydrogens is 65.8 g/mol. The van der Waals surface area contributed by atoms with Crippen molar-refractivity contribution in [1.29, 1.82) is 0 Å². The van der Waals surface area contributed by atoms with Crippen LogP contribution in [0.25, 0.3) is 0 Å². The molecule has 0 saturated carbocycles. The Hall–Kier alpha value is -0.00506. The number of rotatable bonds is 2. The van der Waals surface area contributed by atoms with E-state index in [0.29, 0.717) is 0 Å². The maximum Gasteiger partial charge on any atom is 0.160 e. The fourth-order valence-corrected chi connectivity index (χ4v) is 0.134.